The van der Waals surface area contributed by atoms with Gasteiger partial charge >= 0.3 is 0 Å². The van der Waals surface area contributed by atoms with Crippen LogP contribution in [0.15, 0.2) is 18.3 Å². The summed E-state index contributed by atoms with van der Waals surface area (Å²) in [5.74, 6) is 0.228. The van der Waals surface area contributed by atoms with Crippen LogP contribution in [0.1, 0.15) is 26.0 Å². The van der Waals surface area contributed by atoms with Crippen molar-refractivity contribution in [3.8, 4) is 0 Å². The fourth-order valence-electron chi connectivity index (χ4n) is 3.33. The SMILES string of the molecule is COCOC1(Cc2cc(NC=O)ccn2)C(=O)N(COC)C1CC(C)C. The van der Waals surface area contributed by atoms with Gasteiger partial charge in [-0.25, -0.2) is 0 Å². The van der Waals surface area contributed by atoms with Crippen LogP contribution in [0.2, 0.25) is 0 Å². The molecule has 0 spiro atoms. The van der Waals surface area contributed by atoms with Crippen molar-refractivity contribution >= 4 is 18.0 Å². The number of aromatic nitrogens is 1. The summed E-state index contributed by atoms with van der Waals surface area (Å²) < 4.78 is 16.2. The van der Waals surface area contributed by atoms with E-state index in [2.05, 4.69) is 24.1 Å². The Labute approximate surface area is 153 Å². The van der Waals surface area contributed by atoms with Crippen LogP contribution in [-0.4, -0.2) is 61.6 Å². The number of β-lactam (4-membered cyclic amide) rings is 1. The Morgan fingerprint density at radius 3 is 2.77 bits per heavy atom. The summed E-state index contributed by atoms with van der Waals surface area (Å²) in [7, 11) is 3.08. The molecular formula is C18H27N3O5. The van der Waals surface area contributed by atoms with Gasteiger partial charge in [0.25, 0.3) is 5.91 Å². The van der Waals surface area contributed by atoms with Crippen molar-refractivity contribution in [1.82, 2.24) is 9.88 Å². The molecule has 0 saturated carbocycles. The summed E-state index contributed by atoms with van der Waals surface area (Å²) in [5, 5.41) is 2.60. The Morgan fingerprint density at radius 1 is 1.38 bits per heavy atom. The third kappa shape index (κ3) is 4.20. The van der Waals surface area contributed by atoms with Crippen LogP contribution >= 0.6 is 0 Å². The predicted octanol–water partition coefficient (Wildman–Crippen LogP) is 1.41. The molecular weight excluding hydrogens is 338 g/mol. The molecule has 2 unspecified atom stereocenters. The van der Waals surface area contributed by atoms with Gasteiger partial charge in [-0.3, -0.25) is 14.6 Å². The van der Waals surface area contributed by atoms with Gasteiger partial charge in [-0.1, -0.05) is 13.8 Å². The Kier molecular flexibility index (Phi) is 7.07. The van der Waals surface area contributed by atoms with Crippen LogP contribution < -0.4 is 5.32 Å². The molecule has 2 amide bonds. The summed E-state index contributed by atoms with van der Waals surface area (Å²) in [6, 6.07) is 3.28. The first-order chi connectivity index (χ1) is 12.5. The molecule has 0 bridgehead atoms. The van der Waals surface area contributed by atoms with Gasteiger partial charge in [-0.2, -0.15) is 0 Å². The number of nitrogens with one attached hydrogen (secondary N) is 1. The maximum absolute atomic E-state index is 13.0. The summed E-state index contributed by atoms with van der Waals surface area (Å²) in [5.41, 5.74) is 0.228. The number of hydrogen-bond donors (Lipinski definition) is 1. The number of anilines is 1. The third-order valence-electron chi connectivity index (χ3n) is 4.42. The third-order valence-corrected chi connectivity index (χ3v) is 4.42. The first-order valence-electron chi connectivity index (χ1n) is 8.56. The zero-order valence-corrected chi connectivity index (χ0v) is 15.7. The van der Waals surface area contributed by atoms with Crippen LogP contribution in [-0.2, 0) is 30.2 Å². The summed E-state index contributed by atoms with van der Waals surface area (Å²) >= 11 is 0. The largest absolute Gasteiger partial charge is 0.364 e. The summed E-state index contributed by atoms with van der Waals surface area (Å²) in [4.78, 5) is 29.6. The lowest BCUT2D eigenvalue weighted by molar-refractivity contribution is -0.235. The number of likely N-dealkylation sites (tertiary alicyclic amines) is 1. The van der Waals surface area contributed by atoms with Crippen molar-refractivity contribution in [2.24, 2.45) is 5.92 Å². The number of nitrogens with zero attached hydrogens (tertiary/aromatic N) is 2. The van der Waals surface area contributed by atoms with Gasteiger partial charge in [0, 0.05) is 38.2 Å². The van der Waals surface area contributed by atoms with Gasteiger partial charge in [0.05, 0.1) is 6.04 Å². The van der Waals surface area contributed by atoms with Crippen LogP contribution in [0.3, 0.4) is 0 Å². The lowest BCUT2D eigenvalue weighted by atomic mass is 9.75. The molecule has 2 atom stereocenters. The maximum Gasteiger partial charge on any atom is 0.259 e. The normalized spacial score (nSPS) is 22.4. The van der Waals surface area contributed by atoms with Gasteiger partial charge in [0.15, 0.2) is 5.60 Å². The molecule has 1 fully saturated rings. The summed E-state index contributed by atoms with van der Waals surface area (Å²) in [6.45, 7) is 4.42. The van der Waals surface area contributed by atoms with Crippen LogP contribution in [0.25, 0.3) is 0 Å². The van der Waals surface area contributed by atoms with E-state index in [1.54, 1.807) is 30.3 Å². The molecule has 2 heterocycles. The molecule has 1 saturated heterocycles. The number of rotatable bonds is 11. The number of pyridine rings is 1. The molecule has 26 heavy (non-hydrogen) atoms. The van der Waals surface area contributed by atoms with Crippen LogP contribution in [0.5, 0.6) is 0 Å². The van der Waals surface area contributed by atoms with Crippen molar-refractivity contribution in [1.29, 1.82) is 0 Å². The Hall–Kier alpha value is -2.03. The second-order valence-electron chi connectivity index (χ2n) is 6.75. The second-order valence-corrected chi connectivity index (χ2v) is 6.75. The molecule has 1 aliphatic heterocycles. The molecule has 144 valence electrons. The first kappa shape index (κ1) is 20.3. The van der Waals surface area contributed by atoms with Crippen molar-refractivity contribution in [3.05, 3.63) is 24.0 Å². The molecule has 0 aliphatic carbocycles. The number of ether oxygens (including phenoxy) is 3. The zero-order valence-electron chi connectivity index (χ0n) is 15.7. The van der Waals surface area contributed by atoms with Crippen LogP contribution in [0, 0.1) is 5.92 Å². The molecule has 0 aromatic carbocycles. The highest BCUT2D eigenvalue weighted by Crippen LogP contribution is 2.40. The van der Waals surface area contributed by atoms with E-state index in [1.807, 2.05) is 0 Å². The minimum Gasteiger partial charge on any atom is -0.364 e. The van der Waals surface area contributed by atoms with E-state index in [4.69, 9.17) is 14.2 Å². The van der Waals surface area contributed by atoms with E-state index < -0.39 is 5.60 Å². The topological polar surface area (TPSA) is 90.0 Å². The van der Waals surface area contributed by atoms with Gasteiger partial charge in [0.2, 0.25) is 6.41 Å². The lowest BCUT2D eigenvalue weighted by Gasteiger charge is -2.55. The van der Waals surface area contributed by atoms with Crippen LogP contribution in [0.4, 0.5) is 5.69 Å². The number of hydrogen-bond acceptors (Lipinski definition) is 6. The number of carbonyl (C=O) groups is 2. The Balaban J connectivity index is 2.32. The number of amides is 2. The van der Waals surface area contributed by atoms with Gasteiger partial charge in [-0.05, 0) is 24.5 Å². The molecule has 8 nitrogen and oxygen atoms in total. The standard InChI is InChI=1S/C18H27N3O5/c1-13(2)7-16-18(26-12-25-4,17(23)21(16)11-24-3)9-15-8-14(20-10-22)5-6-19-15/h5-6,8,10,13,16H,7,9,11-12H2,1-4H3,(H,19,20,22). The van der Waals surface area contributed by atoms with Gasteiger partial charge in [-0.15, -0.1) is 0 Å². The average molecular weight is 365 g/mol. The number of methoxy groups -OCH3 is 2. The molecule has 2 rings (SSSR count). The first-order valence-corrected chi connectivity index (χ1v) is 8.56. The highest BCUT2D eigenvalue weighted by molar-refractivity contribution is 5.93. The second kappa shape index (κ2) is 9.07. The van der Waals surface area contributed by atoms with Gasteiger partial charge in [0.1, 0.15) is 13.5 Å². The van der Waals surface area contributed by atoms with Gasteiger partial charge < -0.3 is 24.4 Å². The van der Waals surface area contributed by atoms with E-state index >= 15 is 0 Å². The van der Waals surface area contributed by atoms with E-state index in [0.717, 1.165) is 6.42 Å². The smallest absolute Gasteiger partial charge is 0.259 e. The summed E-state index contributed by atoms with van der Waals surface area (Å²) in [6.07, 6.45) is 3.26. The average Bonchev–Trinajstić information content (AvgIpc) is 2.62. The molecule has 1 aliphatic rings. The quantitative estimate of drug-likeness (QED) is 0.362. The van der Waals surface area contributed by atoms with Crippen molar-refractivity contribution in [2.75, 3.05) is 33.1 Å². The molecule has 1 aromatic rings. The van der Waals surface area contributed by atoms with E-state index in [9.17, 15) is 9.59 Å². The molecule has 8 heteroatoms. The predicted molar refractivity (Wildman–Crippen MR) is 95.3 cm³/mol. The highest BCUT2D eigenvalue weighted by atomic mass is 16.7. The highest BCUT2D eigenvalue weighted by Gasteiger charge is 2.61. The van der Waals surface area contributed by atoms with Crippen molar-refractivity contribution < 1.29 is 23.8 Å². The van der Waals surface area contributed by atoms with Crippen molar-refractivity contribution in [2.45, 2.75) is 38.3 Å². The number of carbonyl (C=O) groups excluding carboxylic acids is 2. The van der Waals surface area contributed by atoms with E-state index in [-0.39, 0.29) is 25.5 Å². The minimum absolute atomic E-state index is 0.00738. The van der Waals surface area contributed by atoms with Crippen molar-refractivity contribution in [3.63, 3.8) is 0 Å². The Bertz CT molecular complexity index is 625. The monoisotopic (exact) mass is 365 g/mol. The fraction of sp³-hybridized carbons (Fsp3) is 0.611. The van der Waals surface area contributed by atoms with E-state index in [1.165, 1.54) is 7.11 Å². The molecule has 1 aromatic heterocycles. The lowest BCUT2D eigenvalue weighted by Crippen LogP contribution is -2.76. The molecule has 1 N–H and O–H groups in total. The van der Waals surface area contributed by atoms with E-state index in [0.29, 0.717) is 30.1 Å². The zero-order chi connectivity index (χ0) is 19.2. The maximum atomic E-state index is 13.0. The fourth-order valence-corrected chi connectivity index (χ4v) is 3.33. The Morgan fingerprint density at radius 2 is 2.15 bits per heavy atom. The minimum atomic E-state index is -1.05. The molecule has 0 radical (unpaired) electrons.